The highest BCUT2D eigenvalue weighted by Gasteiger charge is 2.38. The predicted octanol–water partition coefficient (Wildman–Crippen LogP) is 3.88. The SMILES string of the molecule is CC1=C(C(=O)OCCCCCCO)C(c2cccc([N+](=O)[O-])c2)C(C(=O)OC(C)C)=C(C)N1. The standard InChI is InChI=1S/C24H32N2O7/c1-15(2)33-24(29)21-17(4)25-16(3)20(23(28)32-13-8-6-5-7-12-27)22(21)18-10-9-11-19(14-18)26(30)31/h9-11,14-15,22,25,27H,5-8,12-13H2,1-4H3. The normalized spacial score (nSPS) is 16.0. The third-order valence-electron chi connectivity index (χ3n) is 5.24. The number of nitro groups is 1. The van der Waals surface area contributed by atoms with E-state index in [1.807, 2.05) is 0 Å². The molecule has 1 aromatic rings. The molecule has 0 saturated heterocycles. The van der Waals surface area contributed by atoms with Gasteiger partial charge in [0, 0.05) is 30.1 Å². The van der Waals surface area contributed by atoms with E-state index < -0.39 is 22.8 Å². The summed E-state index contributed by atoms with van der Waals surface area (Å²) in [4.78, 5) is 37.0. The first-order valence-electron chi connectivity index (χ1n) is 11.1. The summed E-state index contributed by atoms with van der Waals surface area (Å²) in [6.45, 7) is 7.17. The minimum atomic E-state index is -0.876. The molecule has 1 heterocycles. The minimum absolute atomic E-state index is 0.128. The van der Waals surface area contributed by atoms with Gasteiger partial charge in [0.1, 0.15) is 0 Å². The Labute approximate surface area is 193 Å². The molecule has 9 nitrogen and oxygen atoms in total. The number of dihydropyridines is 1. The summed E-state index contributed by atoms with van der Waals surface area (Å²) in [5.74, 6) is -2.08. The number of non-ortho nitro benzene ring substituents is 1. The van der Waals surface area contributed by atoms with E-state index in [2.05, 4.69) is 5.32 Å². The van der Waals surface area contributed by atoms with Crippen molar-refractivity contribution in [2.24, 2.45) is 0 Å². The molecule has 0 amide bonds. The second-order valence-corrected chi connectivity index (χ2v) is 8.22. The van der Waals surface area contributed by atoms with E-state index in [0.717, 1.165) is 12.8 Å². The molecule has 33 heavy (non-hydrogen) atoms. The molecule has 0 spiro atoms. The fraction of sp³-hybridized carbons (Fsp3) is 0.500. The van der Waals surface area contributed by atoms with E-state index in [0.29, 0.717) is 29.8 Å². The van der Waals surface area contributed by atoms with Gasteiger partial charge in [-0.2, -0.15) is 0 Å². The number of aliphatic hydroxyl groups is 1. The maximum Gasteiger partial charge on any atom is 0.337 e. The summed E-state index contributed by atoms with van der Waals surface area (Å²) in [7, 11) is 0. The molecule has 9 heteroatoms. The number of rotatable bonds is 11. The molecule has 2 rings (SSSR count). The van der Waals surface area contributed by atoms with E-state index in [1.165, 1.54) is 18.2 Å². The summed E-state index contributed by atoms with van der Waals surface area (Å²) in [5.41, 5.74) is 1.73. The van der Waals surface area contributed by atoms with Crippen LogP contribution in [0, 0.1) is 10.1 Å². The number of nitro benzene ring substituents is 1. The van der Waals surface area contributed by atoms with E-state index in [9.17, 15) is 19.7 Å². The van der Waals surface area contributed by atoms with Crippen LogP contribution in [0.25, 0.3) is 0 Å². The number of carbonyl (C=O) groups is 2. The average Bonchev–Trinajstić information content (AvgIpc) is 2.74. The number of allylic oxidation sites excluding steroid dienone is 2. The Balaban J connectivity index is 2.42. The molecule has 0 radical (unpaired) electrons. The quantitative estimate of drug-likeness (QED) is 0.220. The third-order valence-corrected chi connectivity index (χ3v) is 5.24. The number of nitrogens with zero attached hydrogens (tertiary/aromatic N) is 1. The summed E-state index contributed by atoms with van der Waals surface area (Å²) in [6, 6.07) is 5.89. The molecular weight excluding hydrogens is 428 g/mol. The van der Waals surface area contributed by atoms with Crippen molar-refractivity contribution in [1.29, 1.82) is 0 Å². The molecular formula is C24H32N2O7. The number of carbonyl (C=O) groups excluding carboxylic acids is 2. The van der Waals surface area contributed by atoms with Crippen molar-refractivity contribution < 1.29 is 29.1 Å². The van der Waals surface area contributed by atoms with Crippen molar-refractivity contribution in [3.8, 4) is 0 Å². The summed E-state index contributed by atoms with van der Waals surface area (Å²) in [5, 5.41) is 23.3. The molecule has 0 bridgehead atoms. The Bertz CT molecular complexity index is 950. The number of esters is 2. The van der Waals surface area contributed by atoms with Crippen LogP contribution in [-0.2, 0) is 19.1 Å². The van der Waals surface area contributed by atoms with Crippen LogP contribution < -0.4 is 5.32 Å². The lowest BCUT2D eigenvalue weighted by Gasteiger charge is -2.30. The van der Waals surface area contributed by atoms with Crippen LogP contribution in [0.15, 0.2) is 46.8 Å². The van der Waals surface area contributed by atoms with Crippen molar-refractivity contribution in [1.82, 2.24) is 5.32 Å². The van der Waals surface area contributed by atoms with Gasteiger partial charge in [-0.15, -0.1) is 0 Å². The predicted molar refractivity (Wildman–Crippen MR) is 122 cm³/mol. The van der Waals surface area contributed by atoms with Crippen LogP contribution in [-0.4, -0.2) is 41.3 Å². The van der Waals surface area contributed by atoms with E-state index in [-0.39, 0.29) is 36.2 Å². The second kappa shape index (κ2) is 12.2. The first kappa shape index (κ1) is 26.1. The zero-order valence-electron chi connectivity index (χ0n) is 19.6. The van der Waals surface area contributed by atoms with Crippen molar-refractivity contribution in [2.75, 3.05) is 13.2 Å². The van der Waals surface area contributed by atoms with Crippen LogP contribution in [0.3, 0.4) is 0 Å². The van der Waals surface area contributed by atoms with Gasteiger partial charge in [0.15, 0.2) is 0 Å². The molecule has 2 N–H and O–H groups in total. The zero-order valence-corrected chi connectivity index (χ0v) is 19.6. The first-order valence-corrected chi connectivity index (χ1v) is 11.1. The highest BCUT2D eigenvalue weighted by molar-refractivity contribution is 6.00. The lowest BCUT2D eigenvalue weighted by Crippen LogP contribution is -2.33. The molecule has 0 aliphatic carbocycles. The molecule has 180 valence electrons. The van der Waals surface area contributed by atoms with Gasteiger partial charge in [-0.3, -0.25) is 10.1 Å². The maximum atomic E-state index is 13.1. The minimum Gasteiger partial charge on any atom is -0.462 e. The topological polar surface area (TPSA) is 128 Å². The van der Waals surface area contributed by atoms with Gasteiger partial charge in [0.2, 0.25) is 0 Å². The Hall–Kier alpha value is -3.20. The zero-order chi connectivity index (χ0) is 24.5. The van der Waals surface area contributed by atoms with E-state index in [1.54, 1.807) is 33.8 Å². The molecule has 0 saturated carbocycles. The van der Waals surface area contributed by atoms with Crippen molar-refractivity contribution >= 4 is 17.6 Å². The molecule has 1 atom stereocenters. The van der Waals surface area contributed by atoms with Gasteiger partial charge >= 0.3 is 11.9 Å². The fourth-order valence-corrected chi connectivity index (χ4v) is 3.77. The second-order valence-electron chi connectivity index (χ2n) is 8.22. The van der Waals surface area contributed by atoms with Gasteiger partial charge < -0.3 is 19.9 Å². The highest BCUT2D eigenvalue weighted by atomic mass is 16.6. The molecule has 0 aromatic heterocycles. The van der Waals surface area contributed by atoms with Crippen molar-refractivity contribution in [2.45, 2.75) is 65.4 Å². The Morgan fingerprint density at radius 1 is 1.09 bits per heavy atom. The lowest BCUT2D eigenvalue weighted by molar-refractivity contribution is -0.384. The number of unbranched alkanes of at least 4 members (excludes halogenated alkanes) is 3. The molecule has 1 aromatic carbocycles. The first-order chi connectivity index (χ1) is 15.7. The van der Waals surface area contributed by atoms with Crippen molar-refractivity contribution in [3.05, 3.63) is 62.5 Å². The number of nitrogens with one attached hydrogen (secondary N) is 1. The monoisotopic (exact) mass is 460 g/mol. The highest BCUT2D eigenvalue weighted by Crippen LogP contribution is 2.40. The Kier molecular flexibility index (Phi) is 9.59. The van der Waals surface area contributed by atoms with E-state index >= 15 is 0 Å². The number of aliphatic hydroxyl groups excluding tert-OH is 1. The van der Waals surface area contributed by atoms with Crippen molar-refractivity contribution in [3.63, 3.8) is 0 Å². The molecule has 1 aliphatic rings. The van der Waals surface area contributed by atoms with Gasteiger partial charge in [-0.25, -0.2) is 9.59 Å². The van der Waals surface area contributed by atoms with Crippen LogP contribution >= 0.6 is 0 Å². The molecule has 1 unspecified atom stereocenters. The number of hydrogen-bond acceptors (Lipinski definition) is 8. The third kappa shape index (κ3) is 6.89. The van der Waals surface area contributed by atoms with Gasteiger partial charge in [0.05, 0.1) is 34.7 Å². The van der Waals surface area contributed by atoms with Crippen LogP contribution in [0.1, 0.15) is 64.9 Å². The van der Waals surface area contributed by atoms with Crippen LogP contribution in [0.2, 0.25) is 0 Å². The lowest BCUT2D eigenvalue weighted by atomic mass is 9.80. The number of hydrogen-bond donors (Lipinski definition) is 2. The Morgan fingerprint density at radius 3 is 2.33 bits per heavy atom. The summed E-state index contributed by atoms with van der Waals surface area (Å²) < 4.78 is 10.9. The molecule has 0 fully saturated rings. The fourth-order valence-electron chi connectivity index (χ4n) is 3.77. The molecule has 1 aliphatic heterocycles. The van der Waals surface area contributed by atoms with Gasteiger partial charge in [0.25, 0.3) is 5.69 Å². The maximum absolute atomic E-state index is 13.1. The largest absolute Gasteiger partial charge is 0.462 e. The number of benzene rings is 1. The smallest absolute Gasteiger partial charge is 0.337 e. The summed E-state index contributed by atoms with van der Waals surface area (Å²) in [6.07, 6.45) is 2.60. The van der Waals surface area contributed by atoms with E-state index in [4.69, 9.17) is 14.6 Å². The number of ether oxygens (including phenoxy) is 2. The summed E-state index contributed by atoms with van der Waals surface area (Å²) >= 11 is 0. The van der Waals surface area contributed by atoms with Crippen LogP contribution in [0.4, 0.5) is 5.69 Å². The average molecular weight is 461 g/mol. The van der Waals surface area contributed by atoms with Gasteiger partial charge in [-0.1, -0.05) is 18.6 Å². The van der Waals surface area contributed by atoms with Crippen LogP contribution in [0.5, 0.6) is 0 Å². The Morgan fingerprint density at radius 2 is 1.73 bits per heavy atom. The van der Waals surface area contributed by atoms with Gasteiger partial charge in [-0.05, 0) is 52.5 Å².